The Morgan fingerprint density at radius 3 is 2.62 bits per heavy atom. The van der Waals surface area contributed by atoms with E-state index in [0.29, 0.717) is 41.2 Å². The maximum absolute atomic E-state index is 12.4. The summed E-state index contributed by atoms with van der Waals surface area (Å²) < 4.78 is 0. The average Bonchev–Trinajstić information content (AvgIpc) is 2.56. The summed E-state index contributed by atoms with van der Waals surface area (Å²) in [5.41, 5.74) is 2.01. The highest BCUT2D eigenvalue weighted by Crippen LogP contribution is 2.21. The highest BCUT2D eigenvalue weighted by atomic mass is 35.5. The molecule has 0 aliphatic rings. The minimum atomic E-state index is -0.240. The standard InChI is InChI=1S/C18H23Cl2N5O/c1-12-10-16(24-18(23-12)22-8-9-25(2)3)17(26)21-7-6-13-4-5-14(19)11-15(13)20/h4-5,10-11H,6-9H2,1-3H3,(H,21,26)(H,22,23,24). The van der Waals surface area contributed by atoms with Crippen molar-refractivity contribution in [2.45, 2.75) is 13.3 Å². The van der Waals surface area contributed by atoms with Gasteiger partial charge in [0.05, 0.1) is 0 Å². The molecule has 1 amide bonds. The molecule has 0 saturated heterocycles. The molecule has 0 fully saturated rings. The molecule has 2 rings (SSSR count). The molecule has 2 N–H and O–H groups in total. The largest absolute Gasteiger partial charge is 0.353 e. The number of aryl methyl sites for hydroxylation is 1. The van der Waals surface area contributed by atoms with Crippen molar-refractivity contribution >= 4 is 35.1 Å². The van der Waals surface area contributed by atoms with E-state index in [1.807, 2.05) is 27.1 Å². The molecule has 140 valence electrons. The molecular formula is C18H23Cl2N5O. The van der Waals surface area contributed by atoms with Gasteiger partial charge in [0.25, 0.3) is 5.91 Å². The van der Waals surface area contributed by atoms with Crippen molar-refractivity contribution in [1.29, 1.82) is 0 Å². The van der Waals surface area contributed by atoms with Gasteiger partial charge in [0.1, 0.15) is 5.69 Å². The zero-order chi connectivity index (χ0) is 19.1. The number of anilines is 1. The van der Waals surface area contributed by atoms with Gasteiger partial charge in [-0.3, -0.25) is 4.79 Å². The molecular weight excluding hydrogens is 373 g/mol. The third kappa shape index (κ3) is 6.44. The lowest BCUT2D eigenvalue weighted by Crippen LogP contribution is -2.27. The van der Waals surface area contributed by atoms with Crippen LogP contribution in [0.4, 0.5) is 5.95 Å². The Balaban J connectivity index is 1.92. The van der Waals surface area contributed by atoms with E-state index >= 15 is 0 Å². The molecule has 0 radical (unpaired) electrons. The minimum Gasteiger partial charge on any atom is -0.353 e. The van der Waals surface area contributed by atoms with Crippen molar-refractivity contribution in [2.24, 2.45) is 0 Å². The van der Waals surface area contributed by atoms with Gasteiger partial charge >= 0.3 is 0 Å². The lowest BCUT2D eigenvalue weighted by Gasteiger charge is -2.12. The molecule has 2 aromatic rings. The van der Waals surface area contributed by atoms with Gasteiger partial charge in [-0.1, -0.05) is 29.3 Å². The van der Waals surface area contributed by atoms with Crippen molar-refractivity contribution < 1.29 is 4.79 Å². The molecule has 1 aromatic carbocycles. The summed E-state index contributed by atoms with van der Waals surface area (Å²) in [5, 5.41) is 7.18. The molecule has 0 bridgehead atoms. The Kier molecular flexibility index (Phi) is 7.63. The van der Waals surface area contributed by atoms with Crippen molar-refractivity contribution in [3.05, 3.63) is 51.3 Å². The fourth-order valence-electron chi connectivity index (χ4n) is 2.28. The third-order valence-corrected chi connectivity index (χ3v) is 4.21. The fraction of sp³-hybridized carbons (Fsp3) is 0.389. The van der Waals surface area contributed by atoms with Crippen LogP contribution in [-0.2, 0) is 6.42 Å². The van der Waals surface area contributed by atoms with Gasteiger partial charge in [-0.25, -0.2) is 9.97 Å². The molecule has 26 heavy (non-hydrogen) atoms. The maximum Gasteiger partial charge on any atom is 0.270 e. The maximum atomic E-state index is 12.4. The molecule has 0 saturated carbocycles. The molecule has 1 heterocycles. The zero-order valence-corrected chi connectivity index (χ0v) is 16.7. The van der Waals surface area contributed by atoms with Crippen LogP contribution in [0.3, 0.4) is 0 Å². The van der Waals surface area contributed by atoms with Crippen molar-refractivity contribution in [3.63, 3.8) is 0 Å². The number of rotatable bonds is 8. The molecule has 8 heteroatoms. The smallest absolute Gasteiger partial charge is 0.270 e. The van der Waals surface area contributed by atoms with Crippen molar-refractivity contribution in [3.8, 4) is 0 Å². The van der Waals surface area contributed by atoms with E-state index in [9.17, 15) is 4.79 Å². The highest BCUT2D eigenvalue weighted by molar-refractivity contribution is 6.35. The summed E-state index contributed by atoms with van der Waals surface area (Å²) in [6, 6.07) is 7.00. The first kappa shape index (κ1) is 20.4. The second-order valence-corrected chi connectivity index (χ2v) is 7.03. The number of benzene rings is 1. The predicted molar refractivity (Wildman–Crippen MR) is 106 cm³/mol. The summed E-state index contributed by atoms with van der Waals surface area (Å²) in [5.74, 6) is 0.217. The monoisotopic (exact) mass is 395 g/mol. The Morgan fingerprint density at radius 2 is 1.92 bits per heavy atom. The van der Waals surface area contributed by atoms with Crippen LogP contribution in [0, 0.1) is 6.92 Å². The number of nitrogens with zero attached hydrogens (tertiary/aromatic N) is 3. The van der Waals surface area contributed by atoms with Crippen LogP contribution in [0.5, 0.6) is 0 Å². The Morgan fingerprint density at radius 1 is 1.15 bits per heavy atom. The summed E-state index contributed by atoms with van der Waals surface area (Å²) >= 11 is 12.0. The van der Waals surface area contributed by atoms with Crippen LogP contribution in [0.25, 0.3) is 0 Å². The van der Waals surface area contributed by atoms with Gasteiger partial charge in [-0.05, 0) is 51.2 Å². The quantitative estimate of drug-likeness (QED) is 0.718. The van der Waals surface area contributed by atoms with Gasteiger partial charge in [-0.2, -0.15) is 0 Å². The molecule has 0 aliphatic carbocycles. The number of carbonyl (C=O) groups is 1. The van der Waals surface area contributed by atoms with E-state index in [1.54, 1.807) is 18.2 Å². The van der Waals surface area contributed by atoms with Crippen LogP contribution >= 0.6 is 23.2 Å². The molecule has 6 nitrogen and oxygen atoms in total. The van der Waals surface area contributed by atoms with E-state index in [0.717, 1.165) is 17.8 Å². The number of carbonyl (C=O) groups excluding carboxylic acids is 1. The Bertz CT molecular complexity index is 767. The summed E-state index contributed by atoms with van der Waals surface area (Å²) in [7, 11) is 3.98. The number of halogens is 2. The normalized spacial score (nSPS) is 10.8. The summed E-state index contributed by atoms with van der Waals surface area (Å²) in [4.78, 5) is 23.0. The fourth-order valence-corrected chi connectivity index (χ4v) is 2.78. The first-order valence-electron chi connectivity index (χ1n) is 8.31. The third-order valence-electron chi connectivity index (χ3n) is 3.62. The number of amides is 1. The molecule has 0 atom stereocenters. The van der Waals surface area contributed by atoms with Crippen LogP contribution in [0.2, 0.25) is 10.0 Å². The van der Waals surface area contributed by atoms with E-state index < -0.39 is 0 Å². The Hall–Kier alpha value is -1.89. The topological polar surface area (TPSA) is 70.2 Å². The second-order valence-electron chi connectivity index (χ2n) is 6.19. The lowest BCUT2D eigenvalue weighted by molar-refractivity contribution is 0.0949. The molecule has 0 spiro atoms. The summed E-state index contributed by atoms with van der Waals surface area (Å²) in [6.07, 6.45) is 0.611. The van der Waals surface area contributed by atoms with Crippen LogP contribution < -0.4 is 10.6 Å². The highest BCUT2D eigenvalue weighted by Gasteiger charge is 2.11. The average molecular weight is 396 g/mol. The van der Waals surface area contributed by atoms with Crippen molar-refractivity contribution in [2.75, 3.05) is 39.0 Å². The zero-order valence-electron chi connectivity index (χ0n) is 15.1. The van der Waals surface area contributed by atoms with Crippen LogP contribution in [0.15, 0.2) is 24.3 Å². The number of hydrogen-bond acceptors (Lipinski definition) is 5. The number of nitrogens with one attached hydrogen (secondary N) is 2. The summed E-state index contributed by atoms with van der Waals surface area (Å²) in [6.45, 7) is 3.84. The van der Waals surface area contributed by atoms with E-state index in [2.05, 4.69) is 25.5 Å². The predicted octanol–water partition coefficient (Wildman–Crippen LogP) is 3.04. The van der Waals surface area contributed by atoms with Crippen LogP contribution in [0.1, 0.15) is 21.7 Å². The molecule has 1 aromatic heterocycles. The van der Waals surface area contributed by atoms with Gasteiger partial charge < -0.3 is 15.5 Å². The Labute approximate surface area is 163 Å². The second kappa shape index (κ2) is 9.71. The number of hydrogen-bond donors (Lipinski definition) is 2. The van der Waals surface area contributed by atoms with Gasteiger partial charge in [-0.15, -0.1) is 0 Å². The lowest BCUT2D eigenvalue weighted by atomic mass is 10.1. The van der Waals surface area contributed by atoms with E-state index in [-0.39, 0.29) is 5.91 Å². The molecule has 0 aliphatic heterocycles. The van der Waals surface area contributed by atoms with Gasteiger partial charge in [0.2, 0.25) is 5.95 Å². The van der Waals surface area contributed by atoms with Gasteiger partial charge in [0.15, 0.2) is 0 Å². The molecule has 0 unspecified atom stereocenters. The SMILES string of the molecule is Cc1cc(C(=O)NCCc2ccc(Cl)cc2Cl)nc(NCCN(C)C)n1. The number of likely N-dealkylation sites (N-methyl/N-ethyl adjacent to an activating group) is 1. The van der Waals surface area contributed by atoms with Crippen LogP contribution in [-0.4, -0.2) is 54.5 Å². The van der Waals surface area contributed by atoms with E-state index in [1.165, 1.54) is 0 Å². The first-order valence-corrected chi connectivity index (χ1v) is 9.07. The van der Waals surface area contributed by atoms with Gasteiger partial charge in [0, 0.05) is 35.4 Å². The first-order chi connectivity index (χ1) is 12.3. The van der Waals surface area contributed by atoms with E-state index in [4.69, 9.17) is 23.2 Å². The van der Waals surface area contributed by atoms with Crippen molar-refractivity contribution in [1.82, 2.24) is 20.2 Å². The number of aromatic nitrogens is 2. The minimum absolute atomic E-state index is 0.240.